The highest BCUT2D eigenvalue weighted by Gasteiger charge is 2.33. The summed E-state index contributed by atoms with van der Waals surface area (Å²) >= 11 is 0. The number of benzene rings is 2. The van der Waals surface area contributed by atoms with Gasteiger partial charge in [0.1, 0.15) is 40.9 Å². The number of para-hydroxylation sites is 1. The van der Waals surface area contributed by atoms with Crippen LogP contribution in [0.15, 0.2) is 78.8 Å². The van der Waals surface area contributed by atoms with Crippen LogP contribution in [0, 0.1) is 11.3 Å². The summed E-state index contributed by atoms with van der Waals surface area (Å²) in [7, 11) is 3.86. The Morgan fingerprint density at radius 2 is 1.85 bits per heavy atom. The third-order valence-corrected chi connectivity index (χ3v) is 7.87. The monoisotopic (exact) mass is 549 g/mol. The Hall–Kier alpha value is -4.68. The third kappa shape index (κ3) is 5.79. The molecule has 1 fully saturated rings. The third-order valence-electron chi connectivity index (χ3n) is 7.87. The molecule has 4 aromatic rings. The van der Waals surface area contributed by atoms with E-state index in [0.29, 0.717) is 24.6 Å². The standard InChI is InChI=1S/C32H35N7O2/c1-32(2,37(3)4)17-23(18-33)31(40)39-16-8-9-24(39)19-38-20-27(28-29(34)35-21-36-30(28)38)22-12-14-26(15-13-22)41-25-10-6-5-7-11-25/h5-7,10-15,17,20-21,24H,8-9,16,19H2,1-4H3,(H2,34,35,36)/b23-17-/t24-/m0/s1. The van der Waals surface area contributed by atoms with Crippen LogP contribution in [0.4, 0.5) is 5.82 Å². The number of ether oxygens (including phenoxy) is 1. The maximum Gasteiger partial charge on any atom is 0.264 e. The average Bonchev–Trinajstić information content (AvgIpc) is 3.58. The van der Waals surface area contributed by atoms with E-state index in [0.717, 1.165) is 40.9 Å². The van der Waals surface area contributed by atoms with Crippen molar-refractivity contribution in [2.24, 2.45) is 0 Å². The molecule has 2 N–H and O–H groups in total. The number of amides is 1. The molecular weight excluding hydrogens is 514 g/mol. The predicted octanol–water partition coefficient (Wildman–Crippen LogP) is 5.25. The van der Waals surface area contributed by atoms with E-state index in [9.17, 15) is 10.1 Å². The molecule has 2 aromatic carbocycles. The minimum Gasteiger partial charge on any atom is -0.457 e. The summed E-state index contributed by atoms with van der Waals surface area (Å²) in [6.07, 6.45) is 6.96. The minimum atomic E-state index is -0.433. The van der Waals surface area contributed by atoms with Crippen LogP contribution in [0.3, 0.4) is 0 Å². The molecule has 0 bridgehead atoms. The molecule has 0 unspecified atom stereocenters. The number of carbonyl (C=O) groups excluding carboxylic acids is 1. The lowest BCUT2D eigenvalue weighted by Gasteiger charge is -2.30. The van der Waals surface area contributed by atoms with Crippen LogP contribution in [-0.2, 0) is 11.3 Å². The fourth-order valence-electron chi connectivity index (χ4n) is 5.13. The Morgan fingerprint density at radius 1 is 1.15 bits per heavy atom. The normalized spacial score (nSPS) is 15.9. The van der Waals surface area contributed by atoms with E-state index in [-0.39, 0.29) is 17.5 Å². The van der Waals surface area contributed by atoms with Gasteiger partial charge in [-0.1, -0.05) is 30.3 Å². The summed E-state index contributed by atoms with van der Waals surface area (Å²) in [5.41, 5.74) is 8.67. The second-order valence-electron chi connectivity index (χ2n) is 11.1. The highest BCUT2D eigenvalue weighted by Crippen LogP contribution is 2.35. The molecule has 41 heavy (non-hydrogen) atoms. The first-order valence-corrected chi connectivity index (χ1v) is 13.7. The van der Waals surface area contributed by atoms with Crippen LogP contribution in [0.5, 0.6) is 11.5 Å². The summed E-state index contributed by atoms with van der Waals surface area (Å²) in [6, 6.07) is 19.5. The number of aromatic nitrogens is 3. The molecule has 1 saturated heterocycles. The largest absolute Gasteiger partial charge is 0.457 e. The molecular formula is C32H35N7O2. The van der Waals surface area contributed by atoms with Crippen molar-refractivity contribution in [3.8, 4) is 28.7 Å². The van der Waals surface area contributed by atoms with Crippen LogP contribution >= 0.6 is 0 Å². The maximum absolute atomic E-state index is 13.5. The van der Waals surface area contributed by atoms with Crippen molar-refractivity contribution >= 4 is 22.8 Å². The average molecular weight is 550 g/mol. The fraction of sp³-hybridized carbons (Fsp3) is 0.312. The summed E-state index contributed by atoms with van der Waals surface area (Å²) in [5, 5.41) is 10.6. The van der Waals surface area contributed by atoms with Gasteiger partial charge in [0.15, 0.2) is 0 Å². The number of hydrogen-bond donors (Lipinski definition) is 1. The number of likely N-dealkylation sites (tertiary alicyclic amines) is 1. The highest BCUT2D eigenvalue weighted by atomic mass is 16.5. The molecule has 1 atom stereocenters. The minimum absolute atomic E-state index is 0.0805. The lowest BCUT2D eigenvalue weighted by atomic mass is 9.99. The molecule has 0 saturated carbocycles. The number of nitrogen functional groups attached to an aromatic ring is 1. The second kappa shape index (κ2) is 11.4. The van der Waals surface area contributed by atoms with E-state index in [1.165, 1.54) is 6.33 Å². The molecule has 2 aromatic heterocycles. The van der Waals surface area contributed by atoms with Gasteiger partial charge in [0.05, 0.1) is 11.4 Å². The van der Waals surface area contributed by atoms with Crippen LogP contribution in [-0.4, -0.2) is 62.5 Å². The van der Waals surface area contributed by atoms with Crippen molar-refractivity contribution in [2.45, 2.75) is 44.8 Å². The van der Waals surface area contributed by atoms with Gasteiger partial charge in [0, 0.05) is 30.4 Å². The van der Waals surface area contributed by atoms with Crippen molar-refractivity contribution in [2.75, 3.05) is 26.4 Å². The number of anilines is 1. The molecule has 3 heterocycles. The first kappa shape index (κ1) is 27.9. The predicted molar refractivity (Wildman–Crippen MR) is 160 cm³/mol. The van der Waals surface area contributed by atoms with Crippen molar-refractivity contribution in [1.82, 2.24) is 24.3 Å². The van der Waals surface area contributed by atoms with Gasteiger partial charge in [-0.05, 0) is 76.7 Å². The van der Waals surface area contributed by atoms with Crippen molar-refractivity contribution in [3.05, 3.63) is 78.8 Å². The van der Waals surface area contributed by atoms with E-state index in [1.807, 2.05) is 103 Å². The van der Waals surface area contributed by atoms with Gasteiger partial charge in [-0.25, -0.2) is 9.97 Å². The molecule has 210 valence electrons. The lowest BCUT2D eigenvalue weighted by Crippen LogP contribution is -2.41. The number of likely N-dealkylation sites (N-methyl/N-ethyl adjacent to an activating group) is 1. The molecule has 0 spiro atoms. The zero-order valence-electron chi connectivity index (χ0n) is 23.9. The summed E-state index contributed by atoms with van der Waals surface area (Å²) in [5.74, 6) is 1.66. The molecule has 5 rings (SSSR count). The van der Waals surface area contributed by atoms with E-state index >= 15 is 0 Å². The molecule has 1 amide bonds. The topological polar surface area (TPSA) is 113 Å². The fourth-order valence-corrected chi connectivity index (χ4v) is 5.13. The first-order valence-electron chi connectivity index (χ1n) is 13.7. The first-order chi connectivity index (χ1) is 19.7. The second-order valence-corrected chi connectivity index (χ2v) is 11.1. The van der Waals surface area contributed by atoms with Gasteiger partial charge in [-0.3, -0.25) is 4.79 Å². The molecule has 1 aliphatic rings. The Bertz CT molecular complexity index is 1620. The molecule has 0 radical (unpaired) electrons. The smallest absolute Gasteiger partial charge is 0.264 e. The molecule has 1 aliphatic heterocycles. The van der Waals surface area contributed by atoms with E-state index in [4.69, 9.17) is 10.5 Å². The Labute approximate surface area is 240 Å². The van der Waals surface area contributed by atoms with Crippen LogP contribution < -0.4 is 10.5 Å². The maximum atomic E-state index is 13.5. The van der Waals surface area contributed by atoms with Gasteiger partial charge < -0.3 is 24.8 Å². The van der Waals surface area contributed by atoms with Crippen molar-refractivity contribution in [1.29, 1.82) is 5.26 Å². The van der Waals surface area contributed by atoms with Crippen molar-refractivity contribution in [3.63, 3.8) is 0 Å². The molecule has 0 aliphatic carbocycles. The highest BCUT2D eigenvalue weighted by molar-refractivity contribution is 6.01. The van der Waals surface area contributed by atoms with Crippen LogP contribution in [0.25, 0.3) is 22.2 Å². The quantitative estimate of drug-likeness (QED) is 0.236. The van der Waals surface area contributed by atoms with E-state index < -0.39 is 5.54 Å². The van der Waals surface area contributed by atoms with Gasteiger partial charge in [0.25, 0.3) is 5.91 Å². The van der Waals surface area contributed by atoms with E-state index in [1.54, 1.807) is 6.08 Å². The number of nitriles is 1. The number of hydrogen-bond acceptors (Lipinski definition) is 7. The summed E-state index contributed by atoms with van der Waals surface area (Å²) in [6.45, 7) is 5.11. The van der Waals surface area contributed by atoms with Gasteiger partial charge >= 0.3 is 0 Å². The number of carbonyl (C=O) groups is 1. The summed E-state index contributed by atoms with van der Waals surface area (Å²) < 4.78 is 8.01. The van der Waals surface area contributed by atoms with Crippen LogP contribution in [0.1, 0.15) is 26.7 Å². The van der Waals surface area contributed by atoms with Gasteiger partial charge in [-0.15, -0.1) is 0 Å². The Morgan fingerprint density at radius 3 is 2.54 bits per heavy atom. The lowest BCUT2D eigenvalue weighted by molar-refractivity contribution is -0.127. The molecule has 9 heteroatoms. The summed E-state index contributed by atoms with van der Waals surface area (Å²) in [4.78, 5) is 26.2. The van der Waals surface area contributed by atoms with Crippen LogP contribution in [0.2, 0.25) is 0 Å². The number of nitrogens with two attached hydrogens (primary N) is 1. The zero-order valence-corrected chi connectivity index (χ0v) is 23.9. The van der Waals surface area contributed by atoms with Gasteiger partial charge in [0.2, 0.25) is 0 Å². The van der Waals surface area contributed by atoms with Crippen molar-refractivity contribution < 1.29 is 9.53 Å². The molecule has 9 nitrogen and oxygen atoms in total. The number of rotatable bonds is 8. The zero-order chi connectivity index (χ0) is 29.1. The van der Waals surface area contributed by atoms with E-state index in [2.05, 4.69) is 16.0 Å². The SMILES string of the molecule is CN(C)C(C)(C)/C=C(/C#N)C(=O)N1CCC[C@H]1Cn1cc(-c2ccc(Oc3ccccc3)cc2)c2c(N)ncnc21. The Kier molecular flexibility index (Phi) is 7.77. The number of nitrogens with zero attached hydrogens (tertiary/aromatic N) is 6. The van der Waals surface area contributed by atoms with Gasteiger partial charge in [-0.2, -0.15) is 5.26 Å². The Balaban J connectivity index is 1.43. The number of fused-ring (bicyclic) bond motifs is 1.